The molecule has 6 heteroatoms. The Balaban J connectivity index is 1.95. The second-order valence-corrected chi connectivity index (χ2v) is 7.29. The van der Waals surface area contributed by atoms with Gasteiger partial charge in [-0.05, 0) is 49.1 Å². The van der Waals surface area contributed by atoms with E-state index >= 15 is 0 Å². The molecule has 0 saturated carbocycles. The first-order valence-corrected chi connectivity index (χ1v) is 9.71. The Morgan fingerprint density at radius 1 is 1.00 bits per heavy atom. The van der Waals surface area contributed by atoms with Crippen LogP contribution in [0.2, 0.25) is 0 Å². The van der Waals surface area contributed by atoms with Crippen molar-refractivity contribution in [1.82, 2.24) is 10.6 Å². The van der Waals surface area contributed by atoms with Gasteiger partial charge in [-0.1, -0.05) is 37.6 Å². The zero-order valence-corrected chi connectivity index (χ0v) is 17.7. The van der Waals surface area contributed by atoms with Gasteiger partial charge < -0.3 is 20.1 Å². The first kappa shape index (κ1) is 22.3. The maximum Gasteiger partial charge on any atom is 0.251 e. The highest BCUT2D eigenvalue weighted by atomic mass is 16.5. The number of aryl methyl sites for hydroxylation is 1. The first-order chi connectivity index (χ1) is 13.8. The molecule has 1 atom stereocenters. The fourth-order valence-electron chi connectivity index (χ4n) is 3.02. The van der Waals surface area contributed by atoms with Crippen LogP contribution < -0.4 is 20.1 Å². The lowest BCUT2D eigenvalue weighted by Gasteiger charge is -2.22. The minimum atomic E-state index is -0.603. The maximum atomic E-state index is 12.7. The Kier molecular flexibility index (Phi) is 8.07. The Morgan fingerprint density at radius 2 is 1.72 bits per heavy atom. The van der Waals surface area contributed by atoms with Crippen LogP contribution in [0.5, 0.6) is 11.5 Å². The summed E-state index contributed by atoms with van der Waals surface area (Å²) in [6.45, 7) is 6.21. The molecule has 2 rings (SSSR count). The van der Waals surface area contributed by atoms with Crippen molar-refractivity contribution in [3.63, 3.8) is 0 Å². The highest BCUT2D eigenvalue weighted by Gasteiger charge is 2.24. The molecule has 0 saturated heterocycles. The van der Waals surface area contributed by atoms with E-state index in [2.05, 4.69) is 10.6 Å². The summed E-state index contributed by atoms with van der Waals surface area (Å²) in [6, 6.07) is 12.4. The van der Waals surface area contributed by atoms with Crippen molar-refractivity contribution >= 4 is 11.8 Å². The second-order valence-electron chi connectivity index (χ2n) is 7.29. The van der Waals surface area contributed by atoms with Crippen LogP contribution in [0.25, 0.3) is 0 Å². The van der Waals surface area contributed by atoms with E-state index in [1.165, 1.54) is 0 Å². The van der Waals surface area contributed by atoms with Crippen molar-refractivity contribution in [2.75, 3.05) is 20.8 Å². The molecule has 29 heavy (non-hydrogen) atoms. The summed E-state index contributed by atoms with van der Waals surface area (Å²) in [4.78, 5) is 25.2. The van der Waals surface area contributed by atoms with Gasteiger partial charge >= 0.3 is 0 Å². The van der Waals surface area contributed by atoms with Gasteiger partial charge in [0.2, 0.25) is 5.91 Å². The van der Waals surface area contributed by atoms with Crippen LogP contribution in [0, 0.1) is 12.8 Å². The lowest BCUT2D eigenvalue weighted by molar-refractivity contribution is -0.123. The van der Waals surface area contributed by atoms with E-state index in [0.29, 0.717) is 30.0 Å². The lowest BCUT2D eigenvalue weighted by Crippen LogP contribution is -2.50. The van der Waals surface area contributed by atoms with Crippen molar-refractivity contribution in [2.24, 2.45) is 5.92 Å². The fraction of sp³-hybridized carbons (Fsp3) is 0.391. The molecule has 2 aromatic carbocycles. The molecule has 0 heterocycles. The quantitative estimate of drug-likeness (QED) is 0.680. The summed E-state index contributed by atoms with van der Waals surface area (Å²) < 4.78 is 10.5. The molecule has 156 valence electrons. The Bertz CT molecular complexity index is 849. The highest BCUT2D eigenvalue weighted by molar-refractivity contribution is 5.97. The highest BCUT2D eigenvalue weighted by Crippen LogP contribution is 2.27. The predicted octanol–water partition coefficient (Wildman–Crippen LogP) is 3.13. The molecule has 0 spiro atoms. The zero-order valence-electron chi connectivity index (χ0n) is 17.7. The van der Waals surface area contributed by atoms with Crippen molar-refractivity contribution in [1.29, 1.82) is 0 Å². The first-order valence-electron chi connectivity index (χ1n) is 9.71. The number of amides is 2. The number of hydrogen-bond acceptors (Lipinski definition) is 4. The van der Waals surface area contributed by atoms with Gasteiger partial charge in [0.1, 0.15) is 6.04 Å². The van der Waals surface area contributed by atoms with Crippen LogP contribution in [-0.2, 0) is 11.2 Å². The molecule has 0 radical (unpaired) electrons. The Morgan fingerprint density at radius 3 is 2.34 bits per heavy atom. The Labute approximate surface area is 172 Å². The molecule has 0 aliphatic carbocycles. The van der Waals surface area contributed by atoms with Crippen molar-refractivity contribution in [3.05, 3.63) is 59.2 Å². The number of carbonyl (C=O) groups is 2. The number of benzene rings is 2. The van der Waals surface area contributed by atoms with Gasteiger partial charge in [-0.15, -0.1) is 0 Å². The van der Waals surface area contributed by atoms with Crippen LogP contribution >= 0.6 is 0 Å². The van der Waals surface area contributed by atoms with Gasteiger partial charge in [-0.25, -0.2) is 0 Å². The SMILES string of the molecule is COc1ccc(CCNC(=O)C(NC(=O)c2cccc(C)c2)C(C)C)cc1OC. The number of rotatable bonds is 9. The van der Waals surface area contributed by atoms with E-state index in [1.807, 2.05) is 57.2 Å². The molecular formula is C23H30N2O4. The third-order valence-electron chi connectivity index (χ3n) is 4.68. The topological polar surface area (TPSA) is 76.7 Å². The summed E-state index contributed by atoms with van der Waals surface area (Å²) in [5, 5.41) is 5.78. The molecule has 1 unspecified atom stereocenters. The van der Waals surface area contributed by atoms with E-state index in [0.717, 1.165) is 11.1 Å². The molecular weight excluding hydrogens is 368 g/mol. The molecule has 2 amide bonds. The summed E-state index contributed by atoms with van der Waals surface area (Å²) in [5.41, 5.74) is 2.57. The Hall–Kier alpha value is -3.02. The molecule has 2 aromatic rings. The van der Waals surface area contributed by atoms with Crippen LogP contribution in [0.1, 0.15) is 35.3 Å². The van der Waals surface area contributed by atoms with E-state index in [4.69, 9.17) is 9.47 Å². The smallest absolute Gasteiger partial charge is 0.251 e. The third kappa shape index (κ3) is 6.24. The van der Waals surface area contributed by atoms with Crippen LogP contribution in [0.3, 0.4) is 0 Å². The van der Waals surface area contributed by atoms with Gasteiger partial charge in [0, 0.05) is 12.1 Å². The molecule has 6 nitrogen and oxygen atoms in total. The zero-order chi connectivity index (χ0) is 21.4. The number of ether oxygens (including phenoxy) is 2. The monoisotopic (exact) mass is 398 g/mol. The molecule has 0 aliphatic heterocycles. The summed E-state index contributed by atoms with van der Waals surface area (Å²) in [7, 11) is 3.18. The normalized spacial score (nSPS) is 11.7. The van der Waals surface area contributed by atoms with Crippen molar-refractivity contribution < 1.29 is 19.1 Å². The summed E-state index contributed by atoms with van der Waals surface area (Å²) >= 11 is 0. The number of carbonyl (C=O) groups excluding carboxylic acids is 2. The van der Waals surface area contributed by atoms with Crippen LogP contribution in [-0.4, -0.2) is 38.6 Å². The molecule has 2 N–H and O–H groups in total. The maximum absolute atomic E-state index is 12.7. The molecule has 0 aliphatic rings. The number of hydrogen-bond donors (Lipinski definition) is 2. The number of nitrogens with one attached hydrogen (secondary N) is 2. The third-order valence-corrected chi connectivity index (χ3v) is 4.68. The van der Waals surface area contributed by atoms with E-state index in [1.54, 1.807) is 20.3 Å². The molecule has 0 bridgehead atoms. The van der Waals surface area contributed by atoms with Gasteiger partial charge in [0.25, 0.3) is 5.91 Å². The van der Waals surface area contributed by atoms with Gasteiger partial charge in [-0.2, -0.15) is 0 Å². The predicted molar refractivity (Wildman–Crippen MR) is 114 cm³/mol. The lowest BCUT2D eigenvalue weighted by atomic mass is 10.0. The van der Waals surface area contributed by atoms with Gasteiger partial charge in [-0.3, -0.25) is 9.59 Å². The average molecular weight is 399 g/mol. The summed E-state index contributed by atoms with van der Waals surface area (Å²) in [6.07, 6.45) is 0.642. The minimum absolute atomic E-state index is 0.0372. The van der Waals surface area contributed by atoms with Gasteiger partial charge in [0.05, 0.1) is 14.2 Å². The van der Waals surface area contributed by atoms with Crippen LogP contribution in [0.4, 0.5) is 0 Å². The van der Waals surface area contributed by atoms with Gasteiger partial charge in [0.15, 0.2) is 11.5 Å². The average Bonchev–Trinajstić information content (AvgIpc) is 2.71. The minimum Gasteiger partial charge on any atom is -0.493 e. The van der Waals surface area contributed by atoms with E-state index in [9.17, 15) is 9.59 Å². The second kappa shape index (κ2) is 10.5. The largest absolute Gasteiger partial charge is 0.493 e. The number of methoxy groups -OCH3 is 2. The summed E-state index contributed by atoms with van der Waals surface area (Å²) in [5.74, 6) is 0.842. The molecule has 0 fully saturated rings. The van der Waals surface area contributed by atoms with E-state index < -0.39 is 6.04 Å². The standard InChI is InChI=1S/C23H30N2O4/c1-15(2)21(25-22(26)18-8-6-7-16(3)13-18)23(27)24-12-11-17-9-10-19(28-4)20(14-17)29-5/h6-10,13-15,21H,11-12H2,1-5H3,(H,24,27)(H,25,26). The van der Waals surface area contributed by atoms with Crippen molar-refractivity contribution in [3.8, 4) is 11.5 Å². The molecule has 0 aromatic heterocycles. The van der Waals surface area contributed by atoms with Crippen LogP contribution in [0.15, 0.2) is 42.5 Å². The van der Waals surface area contributed by atoms with Crippen molar-refractivity contribution in [2.45, 2.75) is 33.2 Å². The fourth-order valence-corrected chi connectivity index (χ4v) is 3.02. The van der Waals surface area contributed by atoms with E-state index in [-0.39, 0.29) is 17.7 Å².